The van der Waals surface area contributed by atoms with Gasteiger partial charge in [0, 0.05) is 56.4 Å². The standard InChI is InChI=1S/C31H32Cl2N6O5/c1-38-17-22(29(42)39(2)30(38)43)27(41)37-31(14-6-8-21(26(31)33)20-7-4-5-9-23(20)32)24-12-10-18(28(36-24)44-3)15-34-16-19-11-13-25(40)35-19/h4-10,12,14,17,19,26,34H,11,13,15-16H2,1-3H3,(H,35,40)(H,37,41)/t19?,26-,31?/m1/s1. The normalized spacial score (nSPS) is 21.1. The van der Waals surface area contributed by atoms with Crippen molar-refractivity contribution < 1.29 is 14.3 Å². The molecule has 1 saturated heterocycles. The molecule has 2 aromatic heterocycles. The van der Waals surface area contributed by atoms with Crippen molar-refractivity contribution >= 4 is 40.6 Å². The Bertz CT molecular complexity index is 1800. The maximum atomic E-state index is 13.8. The Labute approximate surface area is 263 Å². The fraction of sp³-hybridized carbons (Fsp3) is 0.323. The van der Waals surface area contributed by atoms with Gasteiger partial charge in [-0.2, -0.15) is 0 Å². The molecule has 1 aliphatic heterocycles. The molecule has 0 saturated carbocycles. The molecule has 44 heavy (non-hydrogen) atoms. The van der Waals surface area contributed by atoms with Gasteiger partial charge in [-0.25, -0.2) is 9.78 Å². The van der Waals surface area contributed by atoms with E-state index < -0.39 is 28.1 Å². The number of hydrogen-bond donors (Lipinski definition) is 3. The molecule has 0 spiro atoms. The molecule has 3 atom stereocenters. The number of halogens is 2. The van der Waals surface area contributed by atoms with E-state index in [1.807, 2.05) is 24.3 Å². The van der Waals surface area contributed by atoms with Gasteiger partial charge in [0.15, 0.2) is 0 Å². The van der Waals surface area contributed by atoms with Crippen molar-refractivity contribution in [3.05, 3.63) is 109 Å². The zero-order chi connectivity index (χ0) is 31.6. The molecule has 3 N–H and O–H groups in total. The summed E-state index contributed by atoms with van der Waals surface area (Å²) in [4.78, 5) is 55.4. The molecule has 1 aromatic carbocycles. The van der Waals surface area contributed by atoms with Gasteiger partial charge in [0.2, 0.25) is 11.8 Å². The number of aryl methyl sites for hydroxylation is 1. The van der Waals surface area contributed by atoms with E-state index in [1.54, 1.807) is 30.4 Å². The number of allylic oxidation sites excluding steroid dienone is 2. The van der Waals surface area contributed by atoms with E-state index in [2.05, 4.69) is 16.0 Å². The van der Waals surface area contributed by atoms with Crippen molar-refractivity contribution in [3.63, 3.8) is 0 Å². The lowest BCUT2D eigenvalue weighted by Gasteiger charge is -2.39. The average molecular weight is 640 g/mol. The first-order valence-corrected chi connectivity index (χ1v) is 14.8. The Morgan fingerprint density at radius 2 is 1.95 bits per heavy atom. The quantitative estimate of drug-likeness (QED) is 0.306. The van der Waals surface area contributed by atoms with Gasteiger partial charge in [-0.1, -0.05) is 54.1 Å². The molecule has 5 rings (SSSR count). The van der Waals surface area contributed by atoms with Crippen LogP contribution >= 0.6 is 23.2 Å². The SMILES string of the molecule is COc1nc(C2(NC(=O)c3cn(C)c(=O)n(C)c3=O)C=CC=C(c3ccccc3Cl)[C@H]2Cl)ccc1CNCC1CCC(=O)N1. The first-order valence-electron chi connectivity index (χ1n) is 14.0. The minimum Gasteiger partial charge on any atom is -0.481 e. The van der Waals surface area contributed by atoms with Crippen LogP contribution < -0.4 is 31.9 Å². The van der Waals surface area contributed by atoms with Crippen LogP contribution in [0.2, 0.25) is 5.02 Å². The number of rotatable bonds is 9. The maximum absolute atomic E-state index is 13.8. The first kappa shape index (κ1) is 31.2. The first-order chi connectivity index (χ1) is 21.1. The van der Waals surface area contributed by atoms with E-state index >= 15 is 0 Å². The Balaban J connectivity index is 1.54. The summed E-state index contributed by atoms with van der Waals surface area (Å²) in [5.41, 5.74) is -0.628. The fourth-order valence-electron chi connectivity index (χ4n) is 5.47. The number of benzene rings is 1. The van der Waals surface area contributed by atoms with E-state index in [9.17, 15) is 19.2 Å². The molecule has 3 aromatic rings. The lowest BCUT2D eigenvalue weighted by molar-refractivity contribution is -0.119. The highest BCUT2D eigenvalue weighted by molar-refractivity contribution is 6.34. The van der Waals surface area contributed by atoms with Crippen molar-refractivity contribution in [1.82, 2.24) is 30.1 Å². The van der Waals surface area contributed by atoms with Gasteiger partial charge < -0.3 is 25.3 Å². The summed E-state index contributed by atoms with van der Waals surface area (Å²) in [6.45, 7) is 1.00. The van der Waals surface area contributed by atoms with Gasteiger partial charge in [0.25, 0.3) is 11.5 Å². The number of nitrogens with zero attached hydrogens (tertiary/aromatic N) is 3. The Morgan fingerprint density at radius 1 is 1.18 bits per heavy atom. The number of alkyl halides is 1. The molecule has 11 nitrogen and oxygen atoms in total. The van der Waals surface area contributed by atoms with E-state index in [4.69, 9.17) is 32.9 Å². The Kier molecular flexibility index (Phi) is 9.10. The van der Waals surface area contributed by atoms with Crippen LogP contribution in [0.25, 0.3) is 5.57 Å². The van der Waals surface area contributed by atoms with Crippen LogP contribution in [0.5, 0.6) is 5.88 Å². The minimum absolute atomic E-state index is 0.0460. The lowest BCUT2D eigenvalue weighted by Crippen LogP contribution is -2.54. The van der Waals surface area contributed by atoms with Crippen molar-refractivity contribution in [3.8, 4) is 5.88 Å². The Hall–Kier alpha value is -4.19. The molecule has 3 heterocycles. The molecule has 13 heteroatoms. The zero-order valence-electron chi connectivity index (χ0n) is 24.4. The van der Waals surface area contributed by atoms with E-state index in [1.165, 1.54) is 27.4 Å². The van der Waals surface area contributed by atoms with Gasteiger partial charge in [-0.15, -0.1) is 11.6 Å². The summed E-state index contributed by atoms with van der Waals surface area (Å²) in [6.07, 6.45) is 7.75. The number of methoxy groups -OCH3 is 1. The third kappa shape index (κ3) is 5.95. The summed E-state index contributed by atoms with van der Waals surface area (Å²) in [5, 5.41) is 8.76. The third-order valence-electron chi connectivity index (χ3n) is 7.85. The van der Waals surface area contributed by atoms with Gasteiger partial charge in [-0.05, 0) is 29.7 Å². The molecule has 0 radical (unpaired) electrons. The van der Waals surface area contributed by atoms with E-state index in [0.717, 1.165) is 21.1 Å². The molecule has 0 bridgehead atoms. The number of carbonyl (C=O) groups excluding carboxylic acids is 2. The predicted octanol–water partition coefficient (Wildman–Crippen LogP) is 2.40. The van der Waals surface area contributed by atoms with Crippen LogP contribution in [-0.4, -0.2) is 51.0 Å². The van der Waals surface area contributed by atoms with Crippen molar-refractivity contribution in [2.24, 2.45) is 14.1 Å². The molecule has 1 fully saturated rings. The van der Waals surface area contributed by atoms with Crippen molar-refractivity contribution in [2.75, 3.05) is 13.7 Å². The lowest BCUT2D eigenvalue weighted by atomic mass is 9.80. The van der Waals surface area contributed by atoms with E-state index in [-0.39, 0.29) is 17.5 Å². The highest BCUT2D eigenvalue weighted by atomic mass is 35.5. The zero-order valence-corrected chi connectivity index (χ0v) is 25.9. The smallest absolute Gasteiger partial charge is 0.330 e. The highest BCUT2D eigenvalue weighted by Crippen LogP contribution is 2.43. The van der Waals surface area contributed by atoms with Crippen LogP contribution in [0.15, 0.2) is 70.4 Å². The van der Waals surface area contributed by atoms with Gasteiger partial charge >= 0.3 is 5.69 Å². The number of carbonyl (C=O) groups is 2. The summed E-state index contributed by atoms with van der Waals surface area (Å²) in [5.74, 6) is -0.394. The molecule has 2 aliphatic rings. The van der Waals surface area contributed by atoms with Crippen LogP contribution in [0.3, 0.4) is 0 Å². The summed E-state index contributed by atoms with van der Waals surface area (Å²) < 4.78 is 7.68. The maximum Gasteiger partial charge on any atom is 0.330 e. The molecule has 230 valence electrons. The van der Waals surface area contributed by atoms with Crippen LogP contribution in [-0.2, 0) is 31.0 Å². The fourth-order valence-corrected chi connectivity index (χ4v) is 6.14. The van der Waals surface area contributed by atoms with Gasteiger partial charge in [0.1, 0.15) is 11.1 Å². The van der Waals surface area contributed by atoms with Gasteiger partial charge in [-0.3, -0.25) is 19.0 Å². The van der Waals surface area contributed by atoms with Crippen molar-refractivity contribution in [1.29, 1.82) is 0 Å². The number of nitrogens with one attached hydrogen (secondary N) is 3. The summed E-state index contributed by atoms with van der Waals surface area (Å²) >= 11 is 13.8. The monoisotopic (exact) mass is 638 g/mol. The summed E-state index contributed by atoms with van der Waals surface area (Å²) in [6, 6.07) is 10.8. The van der Waals surface area contributed by atoms with E-state index in [0.29, 0.717) is 47.2 Å². The minimum atomic E-state index is -1.46. The number of pyridine rings is 1. The highest BCUT2D eigenvalue weighted by Gasteiger charge is 2.45. The number of ether oxygens (including phenoxy) is 1. The second-order valence-corrected chi connectivity index (χ2v) is 11.6. The second-order valence-electron chi connectivity index (χ2n) is 10.7. The largest absolute Gasteiger partial charge is 0.481 e. The molecular weight excluding hydrogens is 607 g/mol. The molecular formula is C31H32Cl2N6O5. The Morgan fingerprint density at radius 3 is 2.66 bits per heavy atom. The summed E-state index contributed by atoms with van der Waals surface area (Å²) in [7, 11) is 4.26. The molecule has 2 unspecified atom stereocenters. The molecule has 2 amide bonds. The average Bonchev–Trinajstić information content (AvgIpc) is 3.44. The van der Waals surface area contributed by atoms with Crippen LogP contribution in [0, 0.1) is 0 Å². The second kappa shape index (κ2) is 12.8. The predicted molar refractivity (Wildman–Crippen MR) is 168 cm³/mol. The van der Waals surface area contributed by atoms with Crippen LogP contribution in [0.1, 0.15) is 40.0 Å². The number of amides is 2. The number of aromatic nitrogens is 3. The van der Waals surface area contributed by atoms with Crippen LogP contribution in [0.4, 0.5) is 0 Å². The van der Waals surface area contributed by atoms with Gasteiger partial charge in [0.05, 0.1) is 18.2 Å². The topological polar surface area (TPSA) is 136 Å². The third-order valence-corrected chi connectivity index (χ3v) is 8.76. The molecule has 1 aliphatic carbocycles. The number of hydrogen-bond acceptors (Lipinski definition) is 7. The van der Waals surface area contributed by atoms with Crippen molar-refractivity contribution in [2.45, 2.75) is 36.3 Å².